The fourth-order valence-corrected chi connectivity index (χ4v) is 3.26. The Morgan fingerprint density at radius 2 is 1.60 bits per heavy atom. The first-order valence-electron chi connectivity index (χ1n) is 10.5. The molecule has 0 unspecified atom stereocenters. The fourth-order valence-electron chi connectivity index (χ4n) is 3.26. The van der Waals surface area contributed by atoms with E-state index in [2.05, 4.69) is 26.9 Å². The van der Waals surface area contributed by atoms with Crippen molar-refractivity contribution < 1.29 is 20.1 Å². The molecule has 3 aromatic carbocycles. The normalized spacial score (nSPS) is 9.43. The topological polar surface area (TPSA) is 53.9 Å². The van der Waals surface area contributed by atoms with Crippen molar-refractivity contribution in [2.45, 2.75) is 0 Å². The van der Waals surface area contributed by atoms with Crippen LogP contribution in [0.4, 0.5) is 5.69 Å². The van der Waals surface area contributed by atoms with E-state index in [1.165, 1.54) is 0 Å². The van der Waals surface area contributed by atoms with Crippen LogP contribution in [0, 0.1) is 30.0 Å². The molecule has 4 nitrogen and oxygen atoms in total. The number of aromatic nitrogens is 2. The van der Waals surface area contributed by atoms with Gasteiger partial charge in [-0.25, -0.2) is 5.26 Å². The summed E-state index contributed by atoms with van der Waals surface area (Å²) in [6.07, 6.45) is 3.57. The summed E-state index contributed by atoms with van der Waals surface area (Å²) in [6.45, 7) is 7.25. The second-order valence-electron chi connectivity index (χ2n) is 7.16. The van der Waals surface area contributed by atoms with Crippen molar-refractivity contribution in [2.75, 3.05) is 0 Å². The molecule has 0 amide bonds. The van der Waals surface area contributed by atoms with Crippen LogP contribution in [0.2, 0.25) is 0 Å². The summed E-state index contributed by atoms with van der Waals surface area (Å²) >= 11 is 0. The van der Waals surface area contributed by atoms with Gasteiger partial charge in [-0.05, 0) is 45.8 Å². The zero-order valence-corrected chi connectivity index (χ0v) is 20.9. The van der Waals surface area contributed by atoms with E-state index in [0.29, 0.717) is 22.5 Å². The van der Waals surface area contributed by atoms with Crippen LogP contribution in [0.25, 0.3) is 38.5 Å². The molecule has 35 heavy (non-hydrogen) atoms. The van der Waals surface area contributed by atoms with Crippen molar-refractivity contribution in [3.05, 3.63) is 139 Å². The summed E-state index contributed by atoms with van der Waals surface area (Å²) in [6, 6.07) is 38.8. The number of rotatable bonds is 3. The van der Waals surface area contributed by atoms with Gasteiger partial charge in [0.2, 0.25) is 5.69 Å². The van der Waals surface area contributed by atoms with E-state index in [1.54, 1.807) is 24.5 Å². The standard InChI is InChI=1S/C19H10N3.C11H8N.Ir/c1-21-19-11-14(12-20)7-9-17(19)18-10-8-16(13-22-18)15-5-3-2-4-6-15;1-2-6-10(7-3-1)11-8-4-5-9-12-11;/h2-8,10-11,13H;1-6,8-9H;/q2*-1;. The zero-order chi connectivity index (χ0) is 23.6. The van der Waals surface area contributed by atoms with Gasteiger partial charge in [0.15, 0.2) is 0 Å². The summed E-state index contributed by atoms with van der Waals surface area (Å²) in [4.78, 5) is 12.1. The van der Waals surface area contributed by atoms with E-state index in [0.717, 1.165) is 22.4 Å². The maximum atomic E-state index is 8.89. The quantitative estimate of drug-likeness (QED) is 0.199. The zero-order valence-electron chi connectivity index (χ0n) is 18.5. The third-order valence-corrected chi connectivity index (χ3v) is 4.95. The van der Waals surface area contributed by atoms with Crippen molar-refractivity contribution in [1.82, 2.24) is 9.97 Å². The molecule has 0 spiro atoms. The smallest absolute Gasteiger partial charge is 0.236 e. The van der Waals surface area contributed by atoms with E-state index < -0.39 is 0 Å². The number of hydrogen-bond donors (Lipinski definition) is 0. The van der Waals surface area contributed by atoms with E-state index in [4.69, 9.17) is 11.8 Å². The van der Waals surface area contributed by atoms with Crippen molar-refractivity contribution in [2.24, 2.45) is 0 Å². The van der Waals surface area contributed by atoms with Crippen LogP contribution >= 0.6 is 0 Å². The summed E-state index contributed by atoms with van der Waals surface area (Å²) in [7, 11) is 0. The first-order valence-corrected chi connectivity index (χ1v) is 10.5. The molecule has 0 aliphatic rings. The third-order valence-electron chi connectivity index (χ3n) is 4.95. The van der Waals surface area contributed by atoms with Gasteiger partial charge in [-0.1, -0.05) is 54.6 Å². The van der Waals surface area contributed by atoms with E-state index >= 15 is 0 Å². The molecular formula is C30H18IrN4-2. The van der Waals surface area contributed by atoms with Crippen LogP contribution in [-0.4, -0.2) is 9.97 Å². The monoisotopic (exact) mass is 627 g/mol. The Morgan fingerprint density at radius 1 is 0.800 bits per heavy atom. The minimum absolute atomic E-state index is 0. The Balaban J connectivity index is 0.000000223. The van der Waals surface area contributed by atoms with E-state index in [-0.39, 0.29) is 20.1 Å². The average molecular weight is 627 g/mol. The molecule has 0 aliphatic heterocycles. The molecule has 0 N–H and O–H groups in total. The second kappa shape index (κ2) is 12.7. The average Bonchev–Trinajstić information content (AvgIpc) is 2.94. The number of pyridine rings is 2. The Labute approximate surface area is 218 Å². The van der Waals surface area contributed by atoms with Gasteiger partial charge in [0, 0.05) is 38.6 Å². The molecule has 5 aromatic rings. The van der Waals surface area contributed by atoms with Gasteiger partial charge < -0.3 is 9.97 Å². The Morgan fingerprint density at radius 3 is 2.23 bits per heavy atom. The van der Waals surface area contributed by atoms with Gasteiger partial charge in [-0.2, -0.15) is 4.85 Å². The van der Waals surface area contributed by atoms with Crippen molar-refractivity contribution >= 4 is 5.69 Å². The molecule has 0 atom stereocenters. The van der Waals surface area contributed by atoms with Crippen LogP contribution in [0.5, 0.6) is 0 Å². The third kappa shape index (κ3) is 6.56. The number of nitriles is 1. The first kappa shape index (κ1) is 25.2. The molecule has 169 valence electrons. The molecule has 0 saturated carbocycles. The number of hydrogen-bond acceptors (Lipinski definition) is 3. The first-order chi connectivity index (χ1) is 16.8. The Kier molecular flexibility index (Phi) is 9.17. The SMILES string of the molecule is [C-]#[N+]c1cc(C#N)c[c-]c1-c1ccc(-c2ccccc2)cn1.[Ir].[c-]1ccccc1-c1ccccn1. The predicted octanol–water partition coefficient (Wildman–Crippen LogP) is 7.18. The van der Waals surface area contributed by atoms with Crippen LogP contribution in [-0.2, 0) is 20.1 Å². The summed E-state index contributed by atoms with van der Waals surface area (Å²) in [5.41, 5.74) is 6.23. The molecule has 1 radical (unpaired) electrons. The van der Waals surface area contributed by atoms with E-state index in [9.17, 15) is 0 Å². The molecule has 0 aliphatic carbocycles. The van der Waals surface area contributed by atoms with Gasteiger partial charge in [0.1, 0.15) is 6.57 Å². The van der Waals surface area contributed by atoms with Crippen LogP contribution in [0.15, 0.2) is 109 Å². The predicted molar refractivity (Wildman–Crippen MR) is 133 cm³/mol. The molecule has 5 rings (SSSR count). The van der Waals surface area contributed by atoms with Crippen LogP contribution < -0.4 is 0 Å². The molecule has 2 heterocycles. The molecule has 2 aromatic heterocycles. The minimum atomic E-state index is 0. The van der Waals surface area contributed by atoms with E-state index in [1.807, 2.05) is 91.0 Å². The largest absolute Gasteiger partial charge is 0.305 e. The molecule has 0 bridgehead atoms. The molecule has 0 saturated heterocycles. The summed E-state index contributed by atoms with van der Waals surface area (Å²) < 4.78 is 0. The second-order valence-corrected chi connectivity index (χ2v) is 7.16. The van der Waals surface area contributed by atoms with Gasteiger partial charge in [-0.15, -0.1) is 48.0 Å². The maximum Gasteiger partial charge on any atom is 0.236 e. The molecule has 5 heteroatoms. The van der Waals surface area contributed by atoms with Gasteiger partial charge in [-0.3, -0.25) is 0 Å². The number of nitrogens with zero attached hydrogens (tertiary/aromatic N) is 4. The fraction of sp³-hybridized carbons (Fsp3) is 0. The Hall–Kier alpha value is -4.41. The van der Waals surface area contributed by atoms with Gasteiger partial charge >= 0.3 is 0 Å². The van der Waals surface area contributed by atoms with Crippen LogP contribution in [0.1, 0.15) is 5.56 Å². The molecular weight excluding hydrogens is 609 g/mol. The van der Waals surface area contributed by atoms with Crippen molar-refractivity contribution in [1.29, 1.82) is 5.26 Å². The Bertz CT molecular complexity index is 1400. The van der Waals surface area contributed by atoms with Gasteiger partial charge in [0.05, 0.1) is 0 Å². The maximum absolute atomic E-state index is 8.89. The molecule has 0 fully saturated rings. The van der Waals surface area contributed by atoms with Gasteiger partial charge in [0.25, 0.3) is 0 Å². The van der Waals surface area contributed by atoms with Crippen molar-refractivity contribution in [3.63, 3.8) is 0 Å². The minimum Gasteiger partial charge on any atom is -0.305 e. The number of benzene rings is 3. The van der Waals surface area contributed by atoms with Crippen molar-refractivity contribution in [3.8, 4) is 39.7 Å². The van der Waals surface area contributed by atoms with Crippen LogP contribution in [0.3, 0.4) is 0 Å². The summed E-state index contributed by atoms with van der Waals surface area (Å²) in [5.74, 6) is 0. The summed E-state index contributed by atoms with van der Waals surface area (Å²) in [5, 5.41) is 8.89.